The molecule has 238 valence electrons. The Kier molecular flexibility index (Phi) is 6.80. The molecule has 2 aliphatic rings. The van der Waals surface area contributed by atoms with E-state index in [0.717, 1.165) is 25.7 Å². The van der Waals surface area contributed by atoms with Crippen LogP contribution in [0.25, 0.3) is 77.3 Å². The first kappa shape index (κ1) is 28.9. The number of hydrogen-bond acceptors (Lipinski definition) is 0. The van der Waals surface area contributed by atoms with Gasteiger partial charge in [-0.2, -0.15) is 0 Å². The first-order valence-corrected chi connectivity index (χ1v) is 17.8. The van der Waals surface area contributed by atoms with Crippen molar-refractivity contribution in [3.63, 3.8) is 0 Å². The van der Waals surface area contributed by atoms with E-state index in [1.807, 2.05) is 0 Å². The van der Waals surface area contributed by atoms with Crippen LogP contribution >= 0.6 is 0 Å². The van der Waals surface area contributed by atoms with Gasteiger partial charge in [-0.1, -0.05) is 109 Å². The number of para-hydroxylation sites is 2. The van der Waals surface area contributed by atoms with Crippen LogP contribution in [0.4, 0.5) is 0 Å². The predicted molar refractivity (Wildman–Crippen MR) is 213 cm³/mol. The van der Waals surface area contributed by atoms with Crippen molar-refractivity contribution in [1.82, 2.24) is 9.13 Å². The lowest BCUT2D eigenvalue weighted by molar-refractivity contribution is 1.04. The zero-order valence-corrected chi connectivity index (χ0v) is 27.9. The van der Waals surface area contributed by atoms with Crippen LogP contribution in [-0.2, 0) is 0 Å². The molecule has 2 aromatic heterocycles. The molecule has 0 bridgehead atoms. The maximum Gasteiger partial charge on any atom is 0.0541 e. The van der Waals surface area contributed by atoms with Gasteiger partial charge in [-0.25, -0.2) is 0 Å². The monoisotopic (exact) mass is 640 g/mol. The minimum absolute atomic E-state index is 1.10. The Morgan fingerprint density at radius 1 is 0.420 bits per heavy atom. The third kappa shape index (κ3) is 4.71. The fraction of sp³-hybridized carbons (Fsp3) is 0.0833. The molecule has 0 amide bonds. The van der Waals surface area contributed by atoms with Crippen LogP contribution in [0.1, 0.15) is 36.8 Å². The molecule has 0 aliphatic heterocycles. The summed E-state index contributed by atoms with van der Waals surface area (Å²) in [5, 5.41) is 5.08. The lowest BCUT2D eigenvalue weighted by atomic mass is 9.97. The van der Waals surface area contributed by atoms with Gasteiger partial charge in [0, 0.05) is 32.9 Å². The van der Waals surface area contributed by atoms with E-state index in [1.165, 1.54) is 88.4 Å². The fourth-order valence-corrected chi connectivity index (χ4v) is 8.18. The second-order valence-corrected chi connectivity index (χ2v) is 13.6. The van der Waals surface area contributed by atoms with Crippen LogP contribution in [0, 0.1) is 0 Å². The normalized spacial score (nSPS) is 14.6. The topological polar surface area (TPSA) is 9.86 Å². The molecule has 0 saturated heterocycles. The number of allylic oxidation sites excluding steroid dienone is 8. The summed E-state index contributed by atoms with van der Waals surface area (Å²) in [7, 11) is 0. The maximum atomic E-state index is 2.43. The highest BCUT2D eigenvalue weighted by molar-refractivity contribution is 6.12. The summed E-state index contributed by atoms with van der Waals surface area (Å²) in [4.78, 5) is 0. The van der Waals surface area contributed by atoms with Crippen LogP contribution in [0.3, 0.4) is 0 Å². The third-order valence-electron chi connectivity index (χ3n) is 10.6. The lowest BCUT2D eigenvalue weighted by Gasteiger charge is -2.13. The zero-order valence-electron chi connectivity index (χ0n) is 27.9. The van der Waals surface area contributed by atoms with Gasteiger partial charge in [0.1, 0.15) is 0 Å². The predicted octanol–water partition coefficient (Wildman–Crippen LogP) is 13.0. The SMILES string of the molecule is C1=CCCC(c2ccc(-n3c4ccccc4c4cc(-c5ccc6c(c5)c5ccccc5n6-c5cccc(C6=CCCC=C6)c5)ccc43)cc2)=C1. The van der Waals surface area contributed by atoms with Crippen LogP contribution in [0.15, 0.2) is 170 Å². The molecule has 2 heteroatoms. The van der Waals surface area contributed by atoms with E-state index in [9.17, 15) is 0 Å². The lowest BCUT2D eigenvalue weighted by Crippen LogP contribution is -1.95. The first-order valence-electron chi connectivity index (χ1n) is 17.8. The summed E-state index contributed by atoms with van der Waals surface area (Å²) < 4.78 is 4.84. The van der Waals surface area contributed by atoms with Crippen molar-refractivity contribution in [3.8, 4) is 22.5 Å². The minimum atomic E-state index is 1.10. The fourth-order valence-electron chi connectivity index (χ4n) is 8.18. The molecular formula is C48H36N2. The van der Waals surface area contributed by atoms with Gasteiger partial charge in [-0.3, -0.25) is 0 Å². The molecule has 0 saturated carbocycles. The smallest absolute Gasteiger partial charge is 0.0541 e. The van der Waals surface area contributed by atoms with Crippen molar-refractivity contribution in [2.45, 2.75) is 25.7 Å². The van der Waals surface area contributed by atoms with Gasteiger partial charge in [-0.05, 0) is 120 Å². The molecule has 6 aromatic carbocycles. The molecule has 0 unspecified atom stereocenters. The number of rotatable bonds is 5. The number of hydrogen-bond donors (Lipinski definition) is 0. The second kappa shape index (κ2) is 11.8. The highest BCUT2D eigenvalue weighted by Gasteiger charge is 2.17. The van der Waals surface area contributed by atoms with Crippen molar-refractivity contribution >= 4 is 54.8 Å². The molecule has 50 heavy (non-hydrogen) atoms. The van der Waals surface area contributed by atoms with Crippen molar-refractivity contribution < 1.29 is 0 Å². The van der Waals surface area contributed by atoms with Gasteiger partial charge in [0.2, 0.25) is 0 Å². The molecule has 8 aromatic rings. The molecule has 2 nitrogen and oxygen atoms in total. The zero-order chi connectivity index (χ0) is 33.0. The maximum absolute atomic E-state index is 2.43. The van der Waals surface area contributed by atoms with Crippen LogP contribution < -0.4 is 0 Å². The molecule has 2 aliphatic carbocycles. The Balaban J connectivity index is 1.09. The summed E-state index contributed by atoms with van der Waals surface area (Å²) in [5.74, 6) is 0. The molecular weight excluding hydrogens is 605 g/mol. The Bertz CT molecular complexity index is 2740. The average Bonchev–Trinajstić information content (AvgIpc) is 3.71. The average molecular weight is 641 g/mol. The van der Waals surface area contributed by atoms with E-state index >= 15 is 0 Å². The summed E-state index contributed by atoms with van der Waals surface area (Å²) in [6.45, 7) is 0. The highest BCUT2D eigenvalue weighted by atomic mass is 15.0. The van der Waals surface area contributed by atoms with Gasteiger partial charge in [-0.15, -0.1) is 0 Å². The van der Waals surface area contributed by atoms with Crippen molar-refractivity contribution in [2.24, 2.45) is 0 Å². The number of fused-ring (bicyclic) bond motifs is 6. The molecule has 0 atom stereocenters. The Labute approximate surface area is 292 Å². The van der Waals surface area contributed by atoms with Crippen LogP contribution in [-0.4, -0.2) is 9.13 Å². The van der Waals surface area contributed by atoms with E-state index < -0.39 is 0 Å². The van der Waals surface area contributed by atoms with Gasteiger partial charge in [0.25, 0.3) is 0 Å². The van der Waals surface area contributed by atoms with E-state index in [0.29, 0.717) is 0 Å². The van der Waals surface area contributed by atoms with Gasteiger partial charge < -0.3 is 9.13 Å². The molecule has 10 rings (SSSR count). The summed E-state index contributed by atoms with van der Waals surface area (Å²) in [6.07, 6.45) is 18.0. The van der Waals surface area contributed by atoms with Crippen LogP contribution in [0.2, 0.25) is 0 Å². The van der Waals surface area contributed by atoms with E-state index in [1.54, 1.807) is 0 Å². The Hall–Kier alpha value is -6.12. The minimum Gasteiger partial charge on any atom is -0.309 e. The summed E-state index contributed by atoms with van der Waals surface area (Å²) >= 11 is 0. The van der Waals surface area contributed by atoms with Gasteiger partial charge >= 0.3 is 0 Å². The highest BCUT2D eigenvalue weighted by Crippen LogP contribution is 2.39. The van der Waals surface area contributed by atoms with Gasteiger partial charge in [0.05, 0.1) is 22.1 Å². The largest absolute Gasteiger partial charge is 0.309 e. The second-order valence-electron chi connectivity index (χ2n) is 13.6. The molecule has 0 fully saturated rings. The number of aromatic nitrogens is 2. The van der Waals surface area contributed by atoms with E-state index in [2.05, 4.69) is 179 Å². The Morgan fingerprint density at radius 2 is 1.06 bits per heavy atom. The third-order valence-corrected chi connectivity index (χ3v) is 10.6. The molecule has 0 N–H and O–H groups in total. The standard InChI is InChI=1S/C48H36N2/c1-3-12-33(13-4-1)35-22-26-39(27-23-35)49-45-20-9-7-18-41(45)43-31-37(24-28-47(43)49)38-25-29-48-44(32-38)42-19-8-10-21-46(42)50(48)40-17-11-16-36(30-40)34-14-5-2-6-15-34/h1,3,5,7-12,14-32H,2,4,6,13H2. The molecule has 0 spiro atoms. The first-order chi connectivity index (χ1) is 24.8. The van der Waals surface area contributed by atoms with Crippen molar-refractivity contribution in [2.75, 3.05) is 0 Å². The van der Waals surface area contributed by atoms with E-state index in [4.69, 9.17) is 0 Å². The molecule has 0 radical (unpaired) electrons. The van der Waals surface area contributed by atoms with Crippen LogP contribution in [0.5, 0.6) is 0 Å². The number of benzene rings is 6. The van der Waals surface area contributed by atoms with Gasteiger partial charge in [0.15, 0.2) is 0 Å². The Morgan fingerprint density at radius 3 is 1.70 bits per heavy atom. The van der Waals surface area contributed by atoms with E-state index in [-0.39, 0.29) is 0 Å². The quantitative estimate of drug-likeness (QED) is 0.177. The summed E-state index contributed by atoms with van der Waals surface area (Å²) in [5.41, 5.74) is 15.0. The summed E-state index contributed by atoms with van der Waals surface area (Å²) in [6, 6.07) is 49.7. The van der Waals surface area contributed by atoms with Crippen molar-refractivity contribution in [1.29, 1.82) is 0 Å². The van der Waals surface area contributed by atoms with Crippen molar-refractivity contribution in [3.05, 3.63) is 181 Å². The number of nitrogens with zero attached hydrogens (tertiary/aromatic N) is 2. The molecule has 2 heterocycles.